The molecule has 0 N–H and O–H groups in total. The fourth-order valence-corrected chi connectivity index (χ4v) is 0.526. The first kappa shape index (κ1) is 8.58. The fraction of sp³-hybridized carbons (Fsp3) is 0.500. The van der Waals surface area contributed by atoms with Crippen LogP contribution >= 0.6 is 0 Å². The van der Waals surface area contributed by atoms with E-state index in [1.807, 2.05) is 0 Å². The molecule has 9 heavy (non-hydrogen) atoms. The van der Waals surface area contributed by atoms with E-state index in [9.17, 15) is 12.3 Å². The Morgan fingerprint density at radius 2 is 2.22 bits per heavy atom. The number of hydrogen-bond donors (Lipinski definition) is 0. The fourth-order valence-electron chi connectivity index (χ4n) is 0.231. The van der Waals surface area contributed by atoms with Crippen molar-refractivity contribution < 1.29 is 16.5 Å². The molecular weight excluding hydrogens is 147 g/mol. The molecule has 0 aliphatic rings. The van der Waals surface area contributed by atoms with Crippen molar-refractivity contribution in [3.05, 3.63) is 12.7 Å². The Bertz CT molecular complexity index is 172. The second-order valence-corrected chi connectivity index (χ2v) is 2.31. The molecule has 0 aromatic rings. The van der Waals surface area contributed by atoms with Gasteiger partial charge < -0.3 is 0 Å². The van der Waals surface area contributed by atoms with Crippen LogP contribution < -0.4 is 0 Å². The molecule has 0 radical (unpaired) electrons. The summed E-state index contributed by atoms with van der Waals surface area (Å²) in [6.45, 7) is 3.10. The van der Waals surface area contributed by atoms with Crippen molar-refractivity contribution in [2.75, 3.05) is 6.61 Å². The summed E-state index contributed by atoms with van der Waals surface area (Å²) in [4.78, 5) is 0. The van der Waals surface area contributed by atoms with E-state index in [1.54, 1.807) is 0 Å². The SMILES string of the molecule is C=CCCOS(=O)(=O)F. The van der Waals surface area contributed by atoms with Gasteiger partial charge in [-0.05, 0) is 6.42 Å². The van der Waals surface area contributed by atoms with Crippen molar-refractivity contribution in [1.82, 2.24) is 0 Å². The topological polar surface area (TPSA) is 43.4 Å². The zero-order valence-corrected chi connectivity index (χ0v) is 5.53. The zero-order chi connectivity index (χ0) is 7.33. The smallest absolute Gasteiger partial charge is 0.244 e. The summed E-state index contributed by atoms with van der Waals surface area (Å²) in [6.07, 6.45) is 1.76. The van der Waals surface area contributed by atoms with E-state index in [0.717, 1.165) is 0 Å². The monoisotopic (exact) mass is 154 g/mol. The van der Waals surface area contributed by atoms with E-state index >= 15 is 0 Å². The van der Waals surface area contributed by atoms with E-state index < -0.39 is 10.5 Å². The lowest BCUT2D eigenvalue weighted by atomic mass is 10.5. The summed E-state index contributed by atoms with van der Waals surface area (Å²) in [5, 5.41) is 0. The average molecular weight is 154 g/mol. The number of halogens is 1. The number of hydrogen-bond acceptors (Lipinski definition) is 3. The Kier molecular flexibility index (Phi) is 3.41. The van der Waals surface area contributed by atoms with Crippen LogP contribution in [0.25, 0.3) is 0 Å². The minimum atomic E-state index is -4.74. The Morgan fingerprint density at radius 3 is 2.56 bits per heavy atom. The predicted molar refractivity (Wildman–Crippen MR) is 30.8 cm³/mol. The molecule has 0 amide bonds. The molecule has 0 aliphatic heterocycles. The third-order valence-corrected chi connectivity index (χ3v) is 0.994. The van der Waals surface area contributed by atoms with Crippen molar-refractivity contribution in [3.8, 4) is 0 Å². The van der Waals surface area contributed by atoms with E-state index in [0.29, 0.717) is 6.42 Å². The van der Waals surface area contributed by atoms with Crippen LogP contribution in [0.1, 0.15) is 6.42 Å². The van der Waals surface area contributed by atoms with Gasteiger partial charge >= 0.3 is 10.5 Å². The average Bonchev–Trinajstić information content (AvgIpc) is 1.63. The summed E-state index contributed by atoms with van der Waals surface area (Å²) in [7, 11) is -4.74. The molecule has 0 rings (SSSR count). The van der Waals surface area contributed by atoms with Crippen LogP contribution in [-0.2, 0) is 14.7 Å². The van der Waals surface area contributed by atoms with Gasteiger partial charge in [0.15, 0.2) is 0 Å². The Labute approximate surface area is 53.6 Å². The van der Waals surface area contributed by atoms with E-state index in [-0.39, 0.29) is 6.61 Å². The zero-order valence-electron chi connectivity index (χ0n) is 4.71. The van der Waals surface area contributed by atoms with Crippen molar-refractivity contribution in [2.45, 2.75) is 6.42 Å². The molecule has 0 saturated carbocycles. The standard InChI is InChI=1S/C4H7FO3S/c1-2-3-4-8-9(5,6)7/h2H,1,3-4H2. The highest BCUT2D eigenvalue weighted by Crippen LogP contribution is 1.94. The quantitative estimate of drug-likeness (QED) is 0.341. The summed E-state index contributed by atoms with van der Waals surface area (Å²) in [5.74, 6) is 0. The first-order valence-electron chi connectivity index (χ1n) is 2.26. The molecule has 0 saturated heterocycles. The highest BCUT2D eigenvalue weighted by atomic mass is 32.3. The molecule has 0 atom stereocenters. The van der Waals surface area contributed by atoms with Crippen molar-refractivity contribution in [2.24, 2.45) is 0 Å². The van der Waals surface area contributed by atoms with Gasteiger partial charge in [-0.1, -0.05) is 9.96 Å². The van der Waals surface area contributed by atoms with E-state index in [4.69, 9.17) is 0 Å². The third-order valence-electron chi connectivity index (χ3n) is 0.546. The van der Waals surface area contributed by atoms with Crippen molar-refractivity contribution in [3.63, 3.8) is 0 Å². The molecule has 0 bridgehead atoms. The Hall–Kier alpha value is -0.420. The molecule has 0 aromatic carbocycles. The normalized spacial score (nSPS) is 11.2. The maximum atomic E-state index is 11.4. The second kappa shape index (κ2) is 3.58. The largest absolute Gasteiger partial charge is 0.437 e. The van der Waals surface area contributed by atoms with Gasteiger partial charge in [0.2, 0.25) is 0 Å². The molecule has 0 fully saturated rings. The van der Waals surface area contributed by atoms with Gasteiger partial charge in [-0.15, -0.1) is 6.58 Å². The molecule has 0 heterocycles. The second-order valence-electron chi connectivity index (χ2n) is 1.29. The van der Waals surface area contributed by atoms with Crippen LogP contribution in [0, 0.1) is 0 Å². The van der Waals surface area contributed by atoms with Crippen LogP contribution in [0.4, 0.5) is 3.89 Å². The van der Waals surface area contributed by atoms with Crippen LogP contribution in [0.3, 0.4) is 0 Å². The maximum absolute atomic E-state index is 11.4. The van der Waals surface area contributed by atoms with Gasteiger partial charge in [-0.3, -0.25) is 0 Å². The molecule has 0 spiro atoms. The van der Waals surface area contributed by atoms with Crippen molar-refractivity contribution >= 4 is 10.5 Å². The molecular formula is C4H7FO3S. The summed E-state index contributed by atoms with van der Waals surface area (Å²) < 4.78 is 34.3. The van der Waals surface area contributed by atoms with Crippen LogP contribution in [-0.4, -0.2) is 15.0 Å². The predicted octanol–water partition coefficient (Wildman–Crippen LogP) is 0.793. The summed E-state index contributed by atoms with van der Waals surface area (Å²) >= 11 is 0. The lowest BCUT2D eigenvalue weighted by molar-refractivity contribution is 0.300. The van der Waals surface area contributed by atoms with Gasteiger partial charge in [0.05, 0.1) is 6.61 Å². The van der Waals surface area contributed by atoms with Crippen LogP contribution in [0.2, 0.25) is 0 Å². The third kappa shape index (κ3) is 7.58. The van der Waals surface area contributed by atoms with E-state index in [1.165, 1.54) is 6.08 Å². The molecule has 0 unspecified atom stereocenters. The van der Waals surface area contributed by atoms with E-state index in [2.05, 4.69) is 10.8 Å². The lowest BCUT2D eigenvalue weighted by Crippen LogP contribution is -1.98. The highest BCUT2D eigenvalue weighted by molar-refractivity contribution is 7.81. The Morgan fingerprint density at radius 1 is 1.67 bits per heavy atom. The van der Waals surface area contributed by atoms with Crippen molar-refractivity contribution in [1.29, 1.82) is 0 Å². The maximum Gasteiger partial charge on any atom is 0.437 e. The van der Waals surface area contributed by atoms with Gasteiger partial charge in [-0.2, -0.15) is 8.42 Å². The summed E-state index contributed by atoms with van der Waals surface area (Å²) in [5.41, 5.74) is 0. The van der Waals surface area contributed by atoms with Crippen LogP contribution in [0.15, 0.2) is 12.7 Å². The number of rotatable bonds is 4. The molecule has 0 aromatic heterocycles. The molecule has 0 aliphatic carbocycles. The first-order chi connectivity index (χ1) is 4.06. The van der Waals surface area contributed by atoms with Gasteiger partial charge in [-0.25, -0.2) is 4.18 Å². The first-order valence-corrected chi connectivity index (χ1v) is 3.57. The lowest BCUT2D eigenvalue weighted by Gasteiger charge is -1.91. The highest BCUT2D eigenvalue weighted by Gasteiger charge is 2.03. The molecule has 5 heteroatoms. The minimum absolute atomic E-state index is 0.178. The summed E-state index contributed by atoms with van der Waals surface area (Å²) in [6, 6.07) is 0. The van der Waals surface area contributed by atoms with Gasteiger partial charge in [0.25, 0.3) is 0 Å². The Balaban J connectivity index is 3.40. The van der Waals surface area contributed by atoms with Gasteiger partial charge in [0.1, 0.15) is 0 Å². The molecule has 54 valence electrons. The molecule has 3 nitrogen and oxygen atoms in total. The van der Waals surface area contributed by atoms with Gasteiger partial charge in [0, 0.05) is 0 Å². The van der Waals surface area contributed by atoms with Crippen LogP contribution in [0.5, 0.6) is 0 Å². The minimum Gasteiger partial charge on any atom is -0.244 e.